The number of carboxylic acid groups (broad SMARTS) is 1. The molecule has 0 heterocycles. The van der Waals surface area contributed by atoms with Gasteiger partial charge >= 0.3 is 18.2 Å². The van der Waals surface area contributed by atoms with Gasteiger partial charge in [0.25, 0.3) is 0 Å². The molecule has 2 unspecified atom stereocenters. The summed E-state index contributed by atoms with van der Waals surface area (Å²) in [6.07, 6.45) is -6.51. The summed E-state index contributed by atoms with van der Waals surface area (Å²) >= 11 is 0. The first-order chi connectivity index (χ1) is 16.5. The third kappa shape index (κ3) is 5.93. The maximum Gasteiger partial charge on any atom is 0.407 e. The molecule has 0 spiro atoms. The van der Waals surface area contributed by atoms with E-state index in [1.165, 1.54) is 13.8 Å². The van der Waals surface area contributed by atoms with E-state index >= 15 is 0 Å². The molecule has 1 aliphatic rings. The molecular formula is C25H27F3N2O5. The number of rotatable bonds is 9. The molecule has 0 fully saturated rings. The molecule has 35 heavy (non-hydrogen) atoms. The predicted molar refractivity (Wildman–Crippen MR) is 122 cm³/mol. The number of benzene rings is 2. The lowest BCUT2D eigenvalue weighted by Crippen LogP contribution is -2.50. The molecule has 2 aromatic rings. The lowest BCUT2D eigenvalue weighted by molar-refractivity contribution is -0.188. The van der Waals surface area contributed by atoms with Crippen molar-refractivity contribution in [3.63, 3.8) is 0 Å². The topological polar surface area (TPSA) is 95.9 Å². The van der Waals surface area contributed by atoms with Gasteiger partial charge in [-0.3, -0.25) is 9.59 Å². The van der Waals surface area contributed by atoms with E-state index in [1.54, 1.807) is 0 Å². The smallest absolute Gasteiger partial charge is 0.407 e. The number of alkyl halides is 3. The molecule has 0 aliphatic heterocycles. The van der Waals surface area contributed by atoms with Crippen LogP contribution in [0.2, 0.25) is 0 Å². The number of carboxylic acids is 1. The molecule has 0 saturated carbocycles. The van der Waals surface area contributed by atoms with Crippen molar-refractivity contribution in [3.8, 4) is 11.1 Å². The number of ether oxygens (including phenoxy) is 1. The van der Waals surface area contributed by atoms with Crippen molar-refractivity contribution in [2.45, 2.75) is 38.4 Å². The van der Waals surface area contributed by atoms with Crippen LogP contribution in [0.1, 0.15) is 37.3 Å². The van der Waals surface area contributed by atoms with E-state index in [9.17, 15) is 27.6 Å². The van der Waals surface area contributed by atoms with Gasteiger partial charge in [-0.05, 0) is 36.1 Å². The Bertz CT molecular complexity index is 1040. The minimum atomic E-state index is -4.94. The molecular weight excluding hydrogens is 465 g/mol. The van der Waals surface area contributed by atoms with E-state index in [0.29, 0.717) is 0 Å². The molecule has 2 atom stereocenters. The highest BCUT2D eigenvalue weighted by molar-refractivity contribution is 5.82. The average Bonchev–Trinajstić information content (AvgIpc) is 3.10. The molecule has 1 aliphatic carbocycles. The molecule has 0 bridgehead atoms. The summed E-state index contributed by atoms with van der Waals surface area (Å²) in [6.45, 7) is 1.62. The molecule has 3 rings (SSSR count). The van der Waals surface area contributed by atoms with Crippen molar-refractivity contribution in [1.82, 2.24) is 10.2 Å². The standard InChI is InChI=1S/C25H27F3N2O5/c1-3-30(15(2)12-22(31)32)23(33)21(25(26,27)28)13-29-24(34)35-14-20-18-10-6-4-8-16(18)17-9-5-7-11-19(17)20/h4-11,15,20-21H,3,12-14H2,1-2H3,(H,29,34)(H,31,32). The summed E-state index contributed by atoms with van der Waals surface area (Å²) < 4.78 is 46.2. The Morgan fingerprint density at radius 3 is 2.09 bits per heavy atom. The normalized spacial score (nSPS) is 14.4. The van der Waals surface area contributed by atoms with E-state index in [4.69, 9.17) is 9.84 Å². The van der Waals surface area contributed by atoms with Gasteiger partial charge in [0.1, 0.15) is 6.61 Å². The first-order valence-corrected chi connectivity index (χ1v) is 11.2. The second-order valence-corrected chi connectivity index (χ2v) is 8.37. The summed E-state index contributed by atoms with van der Waals surface area (Å²) in [4.78, 5) is 36.7. The monoisotopic (exact) mass is 492 g/mol. The highest BCUT2D eigenvalue weighted by atomic mass is 19.4. The number of alkyl carbamates (subject to hydrolysis) is 1. The number of hydrogen-bond acceptors (Lipinski definition) is 4. The first-order valence-electron chi connectivity index (χ1n) is 11.2. The molecule has 0 aromatic heterocycles. The number of nitrogens with one attached hydrogen (secondary N) is 1. The SMILES string of the molecule is CCN(C(=O)C(CNC(=O)OCC1c2ccccc2-c2ccccc21)C(F)(F)F)C(C)CC(=O)O. The van der Waals surface area contributed by atoms with Crippen LogP contribution in [0.4, 0.5) is 18.0 Å². The lowest BCUT2D eigenvalue weighted by Gasteiger charge is -2.31. The van der Waals surface area contributed by atoms with Crippen LogP contribution in [0, 0.1) is 5.92 Å². The van der Waals surface area contributed by atoms with Crippen LogP contribution in [-0.4, -0.2) is 59.9 Å². The Morgan fingerprint density at radius 1 is 1.06 bits per heavy atom. The van der Waals surface area contributed by atoms with E-state index < -0.39 is 49.1 Å². The van der Waals surface area contributed by atoms with Gasteiger partial charge in [-0.25, -0.2) is 4.79 Å². The lowest BCUT2D eigenvalue weighted by atomic mass is 9.98. The highest BCUT2D eigenvalue weighted by Crippen LogP contribution is 2.44. The van der Waals surface area contributed by atoms with Crippen molar-refractivity contribution < 1.29 is 37.4 Å². The summed E-state index contributed by atoms with van der Waals surface area (Å²) in [6, 6.07) is 14.3. The van der Waals surface area contributed by atoms with Crippen LogP contribution < -0.4 is 5.32 Å². The molecule has 0 saturated heterocycles. The number of carbonyl (C=O) groups excluding carboxylic acids is 2. The maximum absolute atomic E-state index is 13.6. The molecule has 7 nitrogen and oxygen atoms in total. The Labute approximate surface area is 200 Å². The first kappa shape index (κ1) is 26.1. The van der Waals surface area contributed by atoms with Crippen LogP contribution >= 0.6 is 0 Å². The van der Waals surface area contributed by atoms with Gasteiger partial charge in [0.2, 0.25) is 5.91 Å². The summed E-state index contributed by atoms with van der Waals surface area (Å²) in [7, 11) is 0. The molecule has 2 amide bonds. The number of nitrogens with zero attached hydrogens (tertiary/aromatic N) is 1. The third-order valence-corrected chi connectivity index (χ3v) is 6.11. The van der Waals surface area contributed by atoms with Gasteiger partial charge < -0.3 is 20.1 Å². The van der Waals surface area contributed by atoms with E-state index in [0.717, 1.165) is 27.2 Å². The van der Waals surface area contributed by atoms with Gasteiger partial charge in [-0.1, -0.05) is 48.5 Å². The second kappa shape index (κ2) is 10.8. The van der Waals surface area contributed by atoms with Crippen LogP contribution in [0.15, 0.2) is 48.5 Å². The molecule has 0 radical (unpaired) electrons. The summed E-state index contributed by atoms with van der Waals surface area (Å²) in [5.41, 5.74) is 3.93. The van der Waals surface area contributed by atoms with Crippen molar-refractivity contribution in [3.05, 3.63) is 59.7 Å². The Kier molecular flexibility index (Phi) is 8.03. The van der Waals surface area contributed by atoms with Crippen molar-refractivity contribution in [1.29, 1.82) is 0 Å². The van der Waals surface area contributed by atoms with Crippen molar-refractivity contribution >= 4 is 18.0 Å². The zero-order chi connectivity index (χ0) is 25.8. The maximum atomic E-state index is 13.6. The number of halogens is 3. The highest BCUT2D eigenvalue weighted by Gasteiger charge is 2.47. The van der Waals surface area contributed by atoms with Crippen LogP contribution in [0.5, 0.6) is 0 Å². The molecule has 188 valence electrons. The number of fused-ring (bicyclic) bond motifs is 3. The number of hydrogen-bond donors (Lipinski definition) is 2. The van der Waals surface area contributed by atoms with E-state index in [-0.39, 0.29) is 19.1 Å². The molecule has 2 aromatic carbocycles. The zero-order valence-corrected chi connectivity index (χ0v) is 19.3. The number of amides is 2. The fourth-order valence-electron chi connectivity index (χ4n) is 4.43. The minimum Gasteiger partial charge on any atom is -0.481 e. The largest absolute Gasteiger partial charge is 0.481 e. The van der Waals surface area contributed by atoms with Crippen LogP contribution in [-0.2, 0) is 14.3 Å². The number of carbonyl (C=O) groups is 3. The van der Waals surface area contributed by atoms with E-state index in [2.05, 4.69) is 5.32 Å². The van der Waals surface area contributed by atoms with Crippen LogP contribution in [0.25, 0.3) is 11.1 Å². The summed E-state index contributed by atoms with van der Waals surface area (Å²) in [5.74, 6) is -5.32. The summed E-state index contributed by atoms with van der Waals surface area (Å²) in [5, 5.41) is 11.0. The van der Waals surface area contributed by atoms with Crippen LogP contribution in [0.3, 0.4) is 0 Å². The van der Waals surface area contributed by atoms with Gasteiger partial charge in [-0.15, -0.1) is 0 Å². The Morgan fingerprint density at radius 2 is 1.60 bits per heavy atom. The Hall–Kier alpha value is -3.56. The zero-order valence-electron chi connectivity index (χ0n) is 19.3. The average molecular weight is 492 g/mol. The predicted octanol–water partition coefficient (Wildman–Crippen LogP) is 4.42. The molecule has 10 heteroatoms. The second-order valence-electron chi connectivity index (χ2n) is 8.37. The minimum absolute atomic E-state index is 0.0821. The fraction of sp³-hybridized carbons (Fsp3) is 0.400. The quantitative estimate of drug-likeness (QED) is 0.541. The number of aliphatic carboxylic acids is 1. The third-order valence-electron chi connectivity index (χ3n) is 6.11. The van der Waals surface area contributed by atoms with E-state index in [1.807, 2.05) is 48.5 Å². The molecule has 2 N–H and O–H groups in total. The Balaban J connectivity index is 1.65. The van der Waals surface area contributed by atoms with Gasteiger partial charge in [0, 0.05) is 25.0 Å². The van der Waals surface area contributed by atoms with Gasteiger partial charge in [0.05, 0.1) is 6.42 Å². The fourth-order valence-corrected chi connectivity index (χ4v) is 4.43. The van der Waals surface area contributed by atoms with Crippen molar-refractivity contribution in [2.24, 2.45) is 5.92 Å². The van der Waals surface area contributed by atoms with Gasteiger partial charge in [-0.2, -0.15) is 13.2 Å². The van der Waals surface area contributed by atoms with Crippen molar-refractivity contribution in [2.75, 3.05) is 19.7 Å². The van der Waals surface area contributed by atoms with Gasteiger partial charge in [0.15, 0.2) is 5.92 Å².